The standard InChI is InChI=1S/C27H32N8/c1-3-6-25-28-27-24(17-33(2)18-34(27)15-19-9-10-19)35(25)16-20-11-13-21(14-12-20)22-7-4-5-8-23(22)26-29-31-32-30-26/h4-5,7-8,11-14,19H,3,6,9-10,15-18H2,1-2H3,(H,29,30,31,32). The number of aryl methyl sites for hydroxylation is 1. The number of imidazole rings is 1. The highest BCUT2D eigenvalue weighted by atomic mass is 15.5. The highest BCUT2D eigenvalue weighted by Gasteiger charge is 2.32. The molecule has 2 aromatic heterocycles. The minimum atomic E-state index is 0.610. The average Bonchev–Trinajstić information content (AvgIpc) is 3.39. The van der Waals surface area contributed by atoms with Crippen LogP contribution in [-0.2, 0) is 19.5 Å². The van der Waals surface area contributed by atoms with Crippen LogP contribution in [0.1, 0.15) is 43.3 Å². The van der Waals surface area contributed by atoms with Crippen molar-refractivity contribution in [2.75, 3.05) is 25.2 Å². The van der Waals surface area contributed by atoms with Crippen molar-refractivity contribution in [1.82, 2.24) is 35.1 Å². The van der Waals surface area contributed by atoms with Crippen LogP contribution < -0.4 is 4.90 Å². The Labute approximate surface area is 206 Å². The van der Waals surface area contributed by atoms with Crippen molar-refractivity contribution in [3.63, 3.8) is 0 Å². The molecule has 180 valence electrons. The molecular formula is C27H32N8. The average molecular weight is 469 g/mol. The van der Waals surface area contributed by atoms with Gasteiger partial charge in [-0.25, -0.2) is 4.98 Å². The van der Waals surface area contributed by atoms with E-state index in [4.69, 9.17) is 4.98 Å². The SMILES string of the molecule is CCCc1nc2c(n1Cc1ccc(-c3ccccc3-c3nn[nH]n3)cc1)CN(C)CN2CC1CC1. The van der Waals surface area contributed by atoms with Crippen molar-refractivity contribution in [2.24, 2.45) is 5.92 Å². The molecule has 0 bridgehead atoms. The molecule has 4 aromatic rings. The number of fused-ring (bicyclic) bond motifs is 1. The van der Waals surface area contributed by atoms with Gasteiger partial charge < -0.3 is 9.47 Å². The number of aromatic amines is 1. The molecule has 1 aliphatic carbocycles. The van der Waals surface area contributed by atoms with E-state index in [1.54, 1.807) is 0 Å². The maximum Gasteiger partial charge on any atom is 0.205 e. The van der Waals surface area contributed by atoms with Crippen LogP contribution in [0.5, 0.6) is 0 Å². The van der Waals surface area contributed by atoms with E-state index in [1.807, 2.05) is 18.2 Å². The number of tetrazole rings is 1. The van der Waals surface area contributed by atoms with Crippen LogP contribution >= 0.6 is 0 Å². The zero-order valence-electron chi connectivity index (χ0n) is 20.5. The molecule has 0 amide bonds. The van der Waals surface area contributed by atoms with Crippen molar-refractivity contribution >= 4 is 5.82 Å². The van der Waals surface area contributed by atoms with Gasteiger partial charge in [0.15, 0.2) is 5.82 Å². The third-order valence-electron chi connectivity index (χ3n) is 7.03. The van der Waals surface area contributed by atoms with Crippen LogP contribution in [0.4, 0.5) is 5.82 Å². The van der Waals surface area contributed by atoms with Gasteiger partial charge in [-0.1, -0.05) is 55.5 Å². The van der Waals surface area contributed by atoms with Crippen LogP contribution in [0.3, 0.4) is 0 Å². The normalized spacial score (nSPS) is 16.0. The van der Waals surface area contributed by atoms with E-state index in [0.717, 1.165) is 61.8 Å². The molecule has 6 rings (SSSR count). The molecular weight excluding hydrogens is 436 g/mol. The van der Waals surface area contributed by atoms with Crippen LogP contribution in [0.15, 0.2) is 48.5 Å². The van der Waals surface area contributed by atoms with Gasteiger partial charge >= 0.3 is 0 Å². The number of H-pyrrole nitrogens is 1. The quantitative estimate of drug-likeness (QED) is 0.414. The number of aromatic nitrogens is 6. The maximum absolute atomic E-state index is 5.18. The van der Waals surface area contributed by atoms with Crippen LogP contribution in [-0.4, -0.2) is 55.3 Å². The Morgan fingerprint density at radius 3 is 2.54 bits per heavy atom. The first-order chi connectivity index (χ1) is 17.2. The van der Waals surface area contributed by atoms with E-state index in [-0.39, 0.29) is 0 Å². The summed E-state index contributed by atoms with van der Waals surface area (Å²) in [5.74, 6) is 3.88. The summed E-state index contributed by atoms with van der Waals surface area (Å²) < 4.78 is 2.47. The molecule has 8 heteroatoms. The van der Waals surface area contributed by atoms with Crippen molar-refractivity contribution in [3.05, 3.63) is 65.6 Å². The molecule has 0 radical (unpaired) electrons. The summed E-state index contributed by atoms with van der Waals surface area (Å²) in [4.78, 5) is 10.1. The third kappa shape index (κ3) is 4.46. The first-order valence-electron chi connectivity index (χ1n) is 12.6. The zero-order chi connectivity index (χ0) is 23.8. The van der Waals surface area contributed by atoms with E-state index in [0.29, 0.717) is 5.82 Å². The Bertz CT molecular complexity index is 1290. The van der Waals surface area contributed by atoms with E-state index < -0.39 is 0 Å². The number of benzene rings is 2. The number of rotatable bonds is 8. The maximum atomic E-state index is 5.18. The zero-order valence-corrected chi connectivity index (χ0v) is 20.5. The minimum Gasteiger partial charge on any atom is -0.342 e. The van der Waals surface area contributed by atoms with Crippen LogP contribution in [0, 0.1) is 5.92 Å². The van der Waals surface area contributed by atoms with Crippen molar-refractivity contribution < 1.29 is 0 Å². The molecule has 1 fully saturated rings. The number of hydrogen-bond donors (Lipinski definition) is 1. The number of anilines is 1. The van der Waals surface area contributed by atoms with Crippen LogP contribution in [0.25, 0.3) is 22.5 Å². The van der Waals surface area contributed by atoms with Gasteiger partial charge in [-0.15, -0.1) is 10.2 Å². The van der Waals surface area contributed by atoms with Gasteiger partial charge in [0.2, 0.25) is 5.82 Å². The molecule has 3 heterocycles. The van der Waals surface area contributed by atoms with Gasteiger partial charge in [0, 0.05) is 31.6 Å². The smallest absolute Gasteiger partial charge is 0.205 e. The second-order valence-corrected chi connectivity index (χ2v) is 9.93. The Kier molecular flexibility index (Phi) is 5.82. The Morgan fingerprint density at radius 1 is 1.03 bits per heavy atom. The van der Waals surface area contributed by atoms with E-state index >= 15 is 0 Å². The van der Waals surface area contributed by atoms with Crippen LogP contribution in [0.2, 0.25) is 0 Å². The number of nitrogens with one attached hydrogen (secondary N) is 1. The molecule has 1 N–H and O–H groups in total. The van der Waals surface area contributed by atoms with E-state index in [1.165, 1.54) is 35.7 Å². The molecule has 1 aliphatic heterocycles. The molecule has 2 aliphatic rings. The summed E-state index contributed by atoms with van der Waals surface area (Å²) >= 11 is 0. The first kappa shape index (κ1) is 22.0. The predicted molar refractivity (Wildman–Crippen MR) is 137 cm³/mol. The lowest BCUT2D eigenvalue weighted by Crippen LogP contribution is -2.42. The lowest BCUT2D eigenvalue weighted by atomic mass is 9.98. The minimum absolute atomic E-state index is 0.610. The summed E-state index contributed by atoms with van der Waals surface area (Å²) in [6.45, 7) is 6.13. The number of hydrogen-bond acceptors (Lipinski definition) is 6. The summed E-state index contributed by atoms with van der Waals surface area (Å²) in [5, 5.41) is 14.6. The van der Waals surface area contributed by atoms with Gasteiger partial charge in [-0.2, -0.15) is 5.21 Å². The van der Waals surface area contributed by atoms with Gasteiger partial charge in [0.05, 0.1) is 12.4 Å². The van der Waals surface area contributed by atoms with Crippen molar-refractivity contribution in [1.29, 1.82) is 0 Å². The summed E-state index contributed by atoms with van der Waals surface area (Å²) in [6.07, 6.45) is 4.82. The molecule has 8 nitrogen and oxygen atoms in total. The monoisotopic (exact) mass is 468 g/mol. The Balaban J connectivity index is 1.30. The fourth-order valence-corrected chi connectivity index (χ4v) is 5.13. The fraction of sp³-hybridized carbons (Fsp3) is 0.407. The van der Waals surface area contributed by atoms with E-state index in [9.17, 15) is 0 Å². The molecule has 0 unspecified atom stereocenters. The van der Waals surface area contributed by atoms with Gasteiger partial charge in [-0.05, 0) is 54.1 Å². The highest BCUT2D eigenvalue weighted by molar-refractivity contribution is 5.80. The molecule has 0 atom stereocenters. The molecule has 2 aromatic carbocycles. The lowest BCUT2D eigenvalue weighted by molar-refractivity contribution is 0.297. The van der Waals surface area contributed by atoms with E-state index in [2.05, 4.69) is 79.3 Å². The van der Waals surface area contributed by atoms with Gasteiger partial charge in [0.1, 0.15) is 5.82 Å². The highest BCUT2D eigenvalue weighted by Crippen LogP contribution is 2.35. The summed E-state index contributed by atoms with van der Waals surface area (Å²) in [5.41, 5.74) is 5.86. The van der Waals surface area contributed by atoms with Crippen molar-refractivity contribution in [3.8, 4) is 22.5 Å². The predicted octanol–water partition coefficient (Wildman–Crippen LogP) is 4.35. The number of nitrogens with zero attached hydrogens (tertiary/aromatic N) is 7. The molecule has 0 spiro atoms. The molecule has 35 heavy (non-hydrogen) atoms. The largest absolute Gasteiger partial charge is 0.342 e. The Hall–Kier alpha value is -3.52. The first-order valence-corrected chi connectivity index (χ1v) is 12.6. The third-order valence-corrected chi connectivity index (χ3v) is 7.03. The van der Waals surface area contributed by atoms with Crippen molar-refractivity contribution in [2.45, 2.75) is 45.7 Å². The fourth-order valence-electron chi connectivity index (χ4n) is 5.13. The summed E-state index contributed by atoms with van der Waals surface area (Å²) in [6, 6.07) is 17.1. The second-order valence-electron chi connectivity index (χ2n) is 9.93. The second kappa shape index (κ2) is 9.26. The topological polar surface area (TPSA) is 78.8 Å². The lowest BCUT2D eigenvalue weighted by Gasteiger charge is -2.34. The Morgan fingerprint density at radius 2 is 1.83 bits per heavy atom. The summed E-state index contributed by atoms with van der Waals surface area (Å²) in [7, 11) is 2.22. The molecule has 0 saturated heterocycles. The van der Waals surface area contributed by atoms with Gasteiger partial charge in [0.25, 0.3) is 0 Å². The molecule has 1 saturated carbocycles. The van der Waals surface area contributed by atoms with Gasteiger partial charge in [-0.3, -0.25) is 4.90 Å².